The van der Waals surface area contributed by atoms with Crippen LogP contribution in [0.3, 0.4) is 0 Å². The fourth-order valence-corrected chi connectivity index (χ4v) is 8.14. The molecule has 1 nitrogen and oxygen atoms in total. The number of hydrogen-bond acceptors (Lipinski definition) is 1. The zero-order valence-electron chi connectivity index (χ0n) is 25.7. The Morgan fingerprint density at radius 2 is 0.848 bits per heavy atom. The van der Waals surface area contributed by atoms with Crippen LogP contribution in [0.15, 0.2) is 176 Å². The van der Waals surface area contributed by atoms with E-state index in [1.807, 2.05) is 0 Å². The molecule has 7 aromatic rings. The summed E-state index contributed by atoms with van der Waals surface area (Å²) in [4.78, 5) is 0. The maximum Gasteiger partial charge on any atom is 0.132 e. The molecule has 0 fully saturated rings. The molecule has 1 heteroatoms. The van der Waals surface area contributed by atoms with E-state index in [-0.39, 0.29) is 5.41 Å². The van der Waals surface area contributed by atoms with E-state index in [1.165, 1.54) is 55.6 Å². The second-order valence-corrected chi connectivity index (χ2v) is 12.6. The molecule has 1 unspecified atom stereocenters. The van der Waals surface area contributed by atoms with E-state index in [4.69, 9.17) is 4.74 Å². The lowest BCUT2D eigenvalue weighted by molar-refractivity contribution is 0.427. The van der Waals surface area contributed by atoms with Crippen LogP contribution in [0.4, 0.5) is 0 Å². The third-order valence-electron chi connectivity index (χ3n) is 10.3. The monoisotopic (exact) mass is 588 g/mol. The van der Waals surface area contributed by atoms with Crippen molar-refractivity contribution in [2.24, 2.45) is 0 Å². The van der Waals surface area contributed by atoms with Gasteiger partial charge < -0.3 is 4.74 Å². The van der Waals surface area contributed by atoms with Gasteiger partial charge in [-0.2, -0.15) is 0 Å². The molecule has 0 amide bonds. The Labute approximate surface area is 270 Å². The third kappa shape index (κ3) is 3.69. The fraction of sp³-hybridized carbons (Fsp3) is 0.0667. The molecule has 1 aliphatic carbocycles. The van der Waals surface area contributed by atoms with Gasteiger partial charge in [0.25, 0.3) is 0 Å². The minimum absolute atomic E-state index is 0.320. The van der Waals surface area contributed by atoms with E-state index in [0.717, 1.165) is 17.1 Å². The van der Waals surface area contributed by atoms with Gasteiger partial charge in [-0.05, 0) is 69.1 Å². The highest BCUT2D eigenvalue weighted by Crippen LogP contribution is 2.56. The summed E-state index contributed by atoms with van der Waals surface area (Å²) < 4.78 is 6.61. The molecule has 0 aromatic heterocycles. The van der Waals surface area contributed by atoms with Crippen LogP contribution >= 0.6 is 0 Å². The van der Waals surface area contributed by atoms with Crippen molar-refractivity contribution in [3.63, 3.8) is 0 Å². The lowest BCUT2D eigenvalue weighted by atomic mass is 9.67. The standard InChI is InChI=1S/C45H32O/c1-44(33-14-4-2-5-15-33)40-22-12-13-23-42(40)46-43-30-32(26-29-41(43)44)31-24-27-35(28-25-31)45(34-16-6-3-7-17-34)38-20-10-8-18-36(38)37-19-9-11-21-39(37)45/h2-30H,1H3. The molecule has 0 N–H and O–H groups in total. The zero-order valence-corrected chi connectivity index (χ0v) is 25.7. The Morgan fingerprint density at radius 3 is 1.50 bits per heavy atom. The topological polar surface area (TPSA) is 9.23 Å². The molecule has 9 rings (SSSR count). The Balaban J connectivity index is 1.18. The number of ether oxygens (including phenoxy) is 1. The largest absolute Gasteiger partial charge is 0.457 e. The summed E-state index contributed by atoms with van der Waals surface area (Å²) in [6.45, 7) is 2.32. The molecule has 218 valence electrons. The van der Waals surface area contributed by atoms with Crippen molar-refractivity contribution in [3.05, 3.63) is 215 Å². The Kier molecular flexibility index (Phi) is 5.92. The molecular weight excluding hydrogens is 556 g/mol. The van der Waals surface area contributed by atoms with E-state index in [2.05, 4.69) is 183 Å². The van der Waals surface area contributed by atoms with E-state index >= 15 is 0 Å². The lowest BCUT2D eigenvalue weighted by Gasteiger charge is -2.38. The first kappa shape index (κ1) is 26.7. The van der Waals surface area contributed by atoms with Crippen molar-refractivity contribution in [1.82, 2.24) is 0 Å². The van der Waals surface area contributed by atoms with Crippen LogP contribution < -0.4 is 4.74 Å². The first-order chi connectivity index (χ1) is 22.7. The summed E-state index contributed by atoms with van der Waals surface area (Å²) in [6, 6.07) is 63.9. The van der Waals surface area contributed by atoms with Gasteiger partial charge in [-0.25, -0.2) is 0 Å². The third-order valence-corrected chi connectivity index (χ3v) is 10.3. The quantitative estimate of drug-likeness (QED) is 0.199. The van der Waals surface area contributed by atoms with Crippen molar-refractivity contribution in [3.8, 4) is 33.8 Å². The smallest absolute Gasteiger partial charge is 0.132 e. The van der Waals surface area contributed by atoms with Gasteiger partial charge in [-0.15, -0.1) is 0 Å². The molecule has 7 aromatic carbocycles. The summed E-state index contributed by atoms with van der Waals surface area (Å²) in [5, 5.41) is 0. The lowest BCUT2D eigenvalue weighted by Crippen LogP contribution is -2.29. The van der Waals surface area contributed by atoms with Crippen molar-refractivity contribution >= 4 is 0 Å². The average Bonchev–Trinajstić information content (AvgIpc) is 3.43. The summed E-state index contributed by atoms with van der Waals surface area (Å²) in [6.07, 6.45) is 0. The van der Waals surface area contributed by atoms with Gasteiger partial charge in [0.2, 0.25) is 0 Å². The molecule has 46 heavy (non-hydrogen) atoms. The van der Waals surface area contributed by atoms with Crippen LogP contribution in [-0.2, 0) is 10.8 Å². The van der Waals surface area contributed by atoms with E-state index < -0.39 is 5.41 Å². The minimum atomic E-state index is -0.396. The Bertz CT molecular complexity index is 2190. The van der Waals surface area contributed by atoms with Crippen LogP contribution in [0, 0.1) is 0 Å². The zero-order chi connectivity index (χ0) is 30.7. The summed E-state index contributed by atoms with van der Waals surface area (Å²) >= 11 is 0. The predicted molar refractivity (Wildman–Crippen MR) is 188 cm³/mol. The number of hydrogen-bond donors (Lipinski definition) is 0. The van der Waals surface area contributed by atoms with Gasteiger partial charge in [0.15, 0.2) is 0 Å². The van der Waals surface area contributed by atoms with Gasteiger partial charge in [0.05, 0.1) is 5.41 Å². The van der Waals surface area contributed by atoms with Crippen molar-refractivity contribution < 1.29 is 4.74 Å². The van der Waals surface area contributed by atoms with Crippen molar-refractivity contribution in [2.45, 2.75) is 17.8 Å². The molecular formula is C45H32O. The molecule has 1 atom stereocenters. The van der Waals surface area contributed by atoms with Gasteiger partial charge in [0, 0.05) is 16.5 Å². The number of rotatable bonds is 4. The molecule has 0 spiro atoms. The molecule has 2 aliphatic rings. The summed E-state index contributed by atoms with van der Waals surface area (Å²) in [5.41, 5.74) is 13.0. The predicted octanol–water partition coefficient (Wildman–Crippen LogP) is 11.2. The Hall–Kier alpha value is -5.66. The SMILES string of the molecule is CC1(c2ccccc2)c2ccccc2Oc2cc(-c3ccc(C4(c5ccccc5)c5ccccc5-c5ccccc54)cc3)ccc21. The van der Waals surface area contributed by atoms with E-state index in [0.29, 0.717) is 0 Å². The normalized spacial score (nSPS) is 16.8. The summed E-state index contributed by atoms with van der Waals surface area (Å²) in [7, 11) is 0. The second-order valence-electron chi connectivity index (χ2n) is 12.6. The minimum Gasteiger partial charge on any atom is -0.457 e. The van der Waals surface area contributed by atoms with Gasteiger partial charge >= 0.3 is 0 Å². The Morgan fingerprint density at radius 1 is 0.370 bits per heavy atom. The van der Waals surface area contributed by atoms with Gasteiger partial charge in [-0.3, -0.25) is 0 Å². The number of fused-ring (bicyclic) bond motifs is 5. The van der Waals surface area contributed by atoms with E-state index in [1.54, 1.807) is 0 Å². The molecule has 0 bridgehead atoms. The van der Waals surface area contributed by atoms with Crippen LogP contribution in [0.5, 0.6) is 11.5 Å². The van der Waals surface area contributed by atoms with Crippen molar-refractivity contribution in [2.75, 3.05) is 0 Å². The van der Waals surface area contributed by atoms with Crippen LogP contribution in [0.25, 0.3) is 22.3 Å². The fourth-order valence-electron chi connectivity index (χ4n) is 8.14. The highest BCUT2D eigenvalue weighted by Gasteiger charge is 2.46. The highest BCUT2D eigenvalue weighted by molar-refractivity contribution is 5.86. The highest BCUT2D eigenvalue weighted by atomic mass is 16.5. The van der Waals surface area contributed by atoms with E-state index in [9.17, 15) is 0 Å². The second kappa shape index (κ2) is 10.2. The van der Waals surface area contributed by atoms with Crippen LogP contribution in [0.2, 0.25) is 0 Å². The van der Waals surface area contributed by atoms with Gasteiger partial charge in [-0.1, -0.05) is 164 Å². The first-order valence-corrected chi connectivity index (χ1v) is 16.0. The molecule has 0 saturated heterocycles. The van der Waals surface area contributed by atoms with Gasteiger partial charge in [0.1, 0.15) is 11.5 Å². The molecule has 0 radical (unpaired) electrons. The van der Waals surface area contributed by atoms with Crippen LogP contribution in [-0.4, -0.2) is 0 Å². The first-order valence-electron chi connectivity index (χ1n) is 16.0. The molecule has 1 aliphatic heterocycles. The molecule has 0 saturated carbocycles. The molecule has 1 heterocycles. The number of benzene rings is 7. The maximum absolute atomic E-state index is 6.61. The maximum atomic E-state index is 6.61. The average molecular weight is 589 g/mol. The summed E-state index contributed by atoms with van der Waals surface area (Å²) in [5.74, 6) is 1.82. The number of para-hydroxylation sites is 1. The van der Waals surface area contributed by atoms with Crippen LogP contribution in [0.1, 0.15) is 45.9 Å². The van der Waals surface area contributed by atoms with Crippen molar-refractivity contribution in [1.29, 1.82) is 0 Å².